The van der Waals surface area contributed by atoms with Crippen LogP contribution < -0.4 is 4.90 Å². The van der Waals surface area contributed by atoms with E-state index in [0.717, 1.165) is 29.3 Å². The van der Waals surface area contributed by atoms with Crippen LogP contribution in [-0.2, 0) is 11.2 Å². The lowest BCUT2D eigenvalue weighted by atomic mass is 10.1. The molecular formula is C17H14N2O2S. The minimum Gasteiger partial charge on any atom is -0.268 e. The van der Waals surface area contributed by atoms with Gasteiger partial charge >= 0.3 is 0 Å². The van der Waals surface area contributed by atoms with Gasteiger partial charge in [0.2, 0.25) is 0 Å². The Morgan fingerprint density at radius 2 is 1.86 bits per heavy atom. The Morgan fingerprint density at radius 3 is 2.59 bits per heavy atom. The van der Waals surface area contributed by atoms with E-state index in [1.807, 2.05) is 31.2 Å². The van der Waals surface area contributed by atoms with E-state index < -0.39 is 0 Å². The second kappa shape index (κ2) is 6.15. The molecule has 2 amide bonds. The number of aromatic nitrogens is 1. The van der Waals surface area contributed by atoms with Gasteiger partial charge in [0, 0.05) is 12.4 Å². The van der Waals surface area contributed by atoms with Crippen molar-refractivity contribution in [3.63, 3.8) is 0 Å². The van der Waals surface area contributed by atoms with Crippen molar-refractivity contribution < 1.29 is 9.59 Å². The Bertz CT molecular complexity index is 756. The van der Waals surface area contributed by atoms with Crippen molar-refractivity contribution >= 4 is 34.7 Å². The molecule has 110 valence electrons. The SMILES string of the molecule is CCc1ccccc1N1C(=O)S/C(=C\c2ccncc2)C1=O. The van der Waals surface area contributed by atoms with Gasteiger partial charge in [0.15, 0.2) is 0 Å². The molecule has 0 bridgehead atoms. The number of hydrogen-bond donors (Lipinski definition) is 0. The van der Waals surface area contributed by atoms with E-state index in [4.69, 9.17) is 0 Å². The Hall–Kier alpha value is -2.40. The van der Waals surface area contributed by atoms with Crippen LogP contribution in [0.25, 0.3) is 6.08 Å². The number of amides is 2. The number of carbonyl (C=O) groups is 2. The molecule has 1 fully saturated rings. The number of pyridine rings is 1. The highest BCUT2D eigenvalue weighted by Gasteiger charge is 2.37. The number of aryl methyl sites for hydroxylation is 1. The molecule has 0 atom stereocenters. The number of para-hydroxylation sites is 1. The molecule has 1 aliphatic heterocycles. The molecule has 22 heavy (non-hydrogen) atoms. The standard InChI is InChI=1S/C17H14N2O2S/c1-2-13-5-3-4-6-14(13)19-16(20)15(22-17(19)21)11-12-7-9-18-10-8-12/h3-11H,2H2,1H3/b15-11-. The van der Waals surface area contributed by atoms with E-state index in [0.29, 0.717) is 10.6 Å². The van der Waals surface area contributed by atoms with Crippen molar-refractivity contribution in [1.29, 1.82) is 0 Å². The predicted molar refractivity (Wildman–Crippen MR) is 88.5 cm³/mol. The molecular weight excluding hydrogens is 296 g/mol. The van der Waals surface area contributed by atoms with Gasteiger partial charge in [0.05, 0.1) is 10.6 Å². The number of thioether (sulfide) groups is 1. The summed E-state index contributed by atoms with van der Waals surface area (Å²) >= 11 is 0.969. The lowest BCUT2D eigenvalue weighted by Gasteiger charge is -2.16. The fraction of sp³-hybridized carbons (Fsp3) is 0.118. The van der Waals surface area contributed by atoms with Crippen molar-refractivity contribution in [2.75, 3.05) is 4.90 Å². The van der Waals surface area contributed by atoms with Crippen LogP contribution in [-0.4, -0.2) is 16.1 Å². The molecule has 1 aliphatic rings. The normalized spacial score (nSPS) is 16.6. The van der Waals surface area contributed by atoms with Crippen LogP contribution in [0.15, 0.2) is 53.7 Å². The summed E-state index contributed by atoms with van der Waals surface area (Å²) in [5.74, 6) is -0.271. The number of nitrogens with zero attached hydrogens (tertiary/aromatic N) is 2. The molecule has 0 saturated carbocycles. The highest BCUT2D eigenvalue weighted by molar-refractivity contribution is 8.19. The third-order valence-electron chi connectivity index (χ3n) is 3.41. The molecule has 0 unspecified atom stereocenters. The van der Waals surface area contributed by atoms with Gasteiger partial charge in [0.1, 0.15) is 0 Å². The van der Waals surface area contributed by atoms with E-state index in [2.05, 4.69) is 4.98 Å². The maximum absolute atomic E-state index is 12.6. The summed E-state index contributed by atoms with van der Waals surface area (Å²) in [4.78, 5) is 30.5. The van der Waals surface area contributed by atoms with Gasteiger partial charge in [-0.2, -0.15) is 0 Å². The van der Waals surface area contributed by atoms with Crippen LogP contribution in [0.5, 0.6) is 0 Å². The van der Waals surface area contributed by atoms with Crippen molar-refractivity contribution in [3.05, 3.63) is 64.8 Å². The lowest BCUT2D eigenvalue weighted by Crippen LogP contribution is -2.28. The predicted octanol–water partition coefficient (Wildman–Crippen LogP) is 3.88. The van der Waals surface area contributed by atoms with Gasteiger partial charge in [0.25, 0.3) is 11.1 Å². The summed E-state index contributed by atoms with van der Waals surface area (Å²) in [6, 6.07) is 11.1. The van der Waals surface area contributed by atoms with Gasteiger partial charge < -0.3 is 0 Å². The minimum atomic E-state index is -0.271. The number of imide groups is 1. The third-order valence-corrected chi connectivity index (χ3v) is 4.28. The molecule has 2 aromatic rings. The van der Waals surface area contributed by atoms with Crippen LogP contribution >= 0.6 is 11.8 Å². The number of benzene rings is 1. The van der Waals surface area contributed by atoms with Crippen molar-refractivity contribution in [3.8, 4) is 0 Å². The first kappa shape index (κ1) is 14.5. The molecule has 0 aliphatic carbocycles. The Morgan fingerprint density at radius 1 is 1.14 bits per heavy atom. The van der Waals surface area contributed by atoms with Gasteiger partial charge in [-0.1, -0.05) is 25.1 Å². The lowest BCUT2D eigenvalue weighted by molar-refractivity contribution is -0.113. The van der Waals surface area contributed by atoms with Crippen molar-refractivity contribution in [2.24, 2.45) is 0 Å². The monoisotopic (exact) mass is 310 g/mol. The van der Waals surface area contributed by atoms with Gasteiger partial charge in [-0.05, 0) is 53.6 Å². The zero-order valence-electron chi connectivity index (χ0n) is 12.0. The van der Waals surface area contributed by atoms with E-state index >= 15 is 0 Å². The average molecular weight is 310 g/mol. The molecule has 0 spiro atoms. The van der Waals surface area contributed by atoms with Crippen LogP contribution in [0.1, 0.15) is 18.1 Å². The molecule has 1 aromatic heterocycles. The molecule has 0 radical (unpaired) electrons. The van der Waals surface area contributed by atoms with Crippen molar-refractivity contribution in [2.45, 2.75) is 13.3 Å². The highest BCUT2D eigenvalue weighted by atomic mass is 32.2. The summed E-state index contributed by atoms with van der Waals surface area (Å²) in [5, 5.41) is -0.258. The molecule has 1 saturated heterocycles. The van der Waals surface area contributed by atoms with Crippen LogP contribution in [0.4, 0.5) is 10.5 Å². The molecule has 0 N–H and O–H groups in total. The van der Waals surface area contributed by atoms with Crippen LogP contribution in [0.3, 0.4) is 0 Å². The first-order chi connectivity index (χ1) is 10.7. The molecule has 5 heteroatoms. The number of hydrogen-bond acceptors (Lipinski definition) is 4. The number of anilines is 1. The van der Waals surface area contributed by atoms with E-state index in [9.17, 15) is 9.59 Å². The van der Waals surface area contributed by atoms with Crippen LogP contribution in [0.2, 0.25) is 0 Å². The smallest absolute Gasteiger partial charge is 0.268 e. The average Bonchev–Trinajstić information content (AvgIpc) is 2.82. The zero-order valence-corrected chi connectivity index (χ0v) is 12.8. The summed E-state index contributed by atoms with van der Waals surface area (Å²) < 4.78 is 0. The summed E-state index contributed by atoms with van der Waals surface area (Å²) in [6.45, 7) is 2.00. The molecule has 4 nitrogen and oxygen atoms in total. The minimum absolute atomic E-state index is 0.258. The molecule has 1 aromatic carbocycles. The third kappa shape index (κ3) is 2.67. The maximum Gasteiger partial charge on any atom is 0.298 e. The number of carbonyl (C=O) groups excluding carboxylic acids is 2. The second-order valence-electron chi connectivity index (χ2n) is 4.78. The fourth-order valence-corrected chi connectivity index (χ4v) is 3.15. The Kier molecular flexibility index (Phi) is 4.06. The van der Waals surface area contributed by atoms with E-state index in [1.165, 1.54) is 4.90 Å². The first-order valence-corrected chi connectivity index (χ1v) is 7.78. The first-order valence-electron chi connectivity index (χ1n) is 6.96. The van der Waals surface area contributed by atoms with Crippen LogP contribution in [0, 0.1) is 0 Å². The van der Waals surface area contributed by atoms with E-state index in [-0.39, 0.29) is 11.1 Å². The molecule has 2 heterocycles. The van der Waals surface area contributed by atoms with Gasteiger partial charge in [-0.25, -0.2) is 4.90 Å². The van der Waals surface area contributed by atoms with Gasteiger partial charge in [-0.15, -0.1) is 0 Å². The highest BCUT2D eigenvalue weighted by Crippen LogP contribution is 2.37. The Balaban J connectivity index is 1.97. The summed E-state index contributed by atoms with van der Waals surface area (Å²) in [6.07, 6.45) is 5.80. The van der Waals surface area contributed by atoms with E-state index in [1.54, 1.807) is 30.6 Å². The topological polar surface area (TPSA) is 50.3 Å². The number of rotatable bonds is 3. The Labute approximate surface area is 132 Å². The summed E-state index contributed by atoms with van der Waals surface area (Å²) in [5.41, 5.74) is 2.50. The zero-order chi connectivity index (χ0) is 15.5. The fourth-order valence-electron chi connectivity index (χ4n) is 2.31. The quantitative estimate of drug-likeness (QED) is 0.807. The maximum atomic E-state index is 12.6. The largest absolute Gasteiger partial charge is 0.298 e. The molecule has 3 rings (SSSR count). The summed E-state index contributed by atoms with van der Waals surface area (Å²) in [7, 11) is 0. The second-order valence-corrected chi connectivity index (χ2v) is 5.77. The van der Waals surface area contributed by atoms with Gasteiger partial charge in [-0.3, -0.25) is 14.6 Å². The van der Waals surface area contributed by atoms with Crippen molar-refractivity contribution in [1.82, 2.24) is 4.98 Å².